The molecule has 1 aliphatic heterocycles. The molecule has 0 radical (unpaired) electrons. The lowest BCUT2D eigenvalue weighted by Gasteiger charge is -2.36. The number of guanidine groups is 1. The van der Waals surface area contributed by atoms with E-state index in [0.29, 0.717) is 32.7 Å². The number of aliphatic imine (C=N–C) groups is 1. The number of sulfonamides is 1. The van der Waals surface area contributed by atoms with E-state index in [1.54, 1.807) is 11.4 Å². The van der Waals surface area contributed by atoms with Gasteiger partial charge in [-0.15, -0.1) is 0 Å². The van der Waals surface area contributed by atoms with Gasteiger partial charge >= 0.3 is 0 Å². The fourth-order valence-electron chi connectivity index (χ4n) is 2.99. The van der Waals surface area contributed by atoms with Crippen molar-refractivity contribution in [2.75, 3.05) is 58.7 Å². The molecular formula is C19H40N4O4S. The first-order valence-corrected chi connectivity index (χ1v) is 11.8. The second-order valence-corrected chi connectivity index (χ2v) is 10.5. The van der Waals surface area contributed by atoms with Gasteiger partial charge in [-0.1, -0.05) is 20.8 Å². The van der Waals surface area contributed by atoms with Crippen LogP contribution in [0.15, 0.2) is 4.99 Å². The van der Waals surface area contributed by atoms with Crippen molar-refractivity contribution in [3.63, 3.8) is 0 Å². The van der Waals surface area contributed by atoms with Crippen LogP contribution in [-0.4, -0.2) is 94.5 Å². The normalized spacial score (nSPS) is 18.6. The van der Waals surface area contributed by atoms with Crippen molar-refractivity contribution in [1.82, 2.24) is 14.5 Å². The van der Waals surface area contributed by atoms with E-state index in [2.05, 4.69) is 31.0 Å². The lowest BCUT2D eigenvalue weighted by molar-refractivity contribution is 0.0239. The van der Waals surface area contributed by atoms with Crippen molar-refractivity contribution in [2.24, 2.45) is 10.4 Å². The smallest absolute Gasteiger partial charge is 0.216 e. The Balaban J connectivity index is 2.67. The molecule has 1 rings (SSSR count). The molecule has 8 nitrogen and oxygen atoms in total. The topological polar surface area (TPSA) is 83.5 Å². The molecule has 28 heavy (non-hydrogen) atoms. The van der Waals surface area contributed by atoms with E-state index < -0.39 is 10.0 Å². The second-order valence-electron chi connectivity index (χ2n) is 8.41. The van der Waals surface area contributed by atoms with Crippen molar-refractivity contribution in [2.45, 2.75) is 53.8 Å². The Hall–Kier alpha value is -0.900. The van der Waals surface area contributed by atoms with Crippen LogP contribution in [0.2, 0.25) is 0 Å². The minimum atomic E-state index is -3.29. The highest BCUT2D eigenvalue weighted by Gasteiger charge is 2.29. The highest BCUT2D eigenvalue weighted by Crippen LogP contribution is 2.22. The van der Waals surface area contributed by atoms with Gasteiger partial charge in [0, 0.05) is 39.8 Å². The predicted molar refractivity (Wildman–Crippen MR) is 114 cm³/mol. The number of nitrogens with zero attached hydrogens (tertiary/aromatic N) is 3. The van der Waals surface area contributed by atoms with Crippen LogP contribution in [0.25, 0.3) is 0 Å². The lowest BCUT2D eigenvalue weighted by Crippen LogP contribution is -2.54. The van der Waals surface area contributed by atoms with E-state index in [0.717, 1.165) is 12.5 Å². The molecule has 0 amide bonds. The summed E-state index contributed by atoms with van der Waals surface area (Å²) in [6.45, 7) is 15.9. The first kappa shape index (κ1) is 25.1. The molecule has 1 unspecified atom stereocenters. The Morgan fingerprint density at radius 3 is 2.25 bits per heavy atom. The zero-order chi connectivity index (χ0) is 21.4. The van der Waals surface area contributed by atoms with Gasteiger partial charge < -0.3 is 19.7 Å². The van der Waals surface area contributed by atoms with Gasteiger partial charge in [0.2, 0.25) is 10.0 Å². The molecule has 0 aromatic rings. The number of nitrogens with one attached hydrogen (secondary N) is 1. The molecule has 1 fully saturated rings. The standard InChI is InChI=1S/C19H40N4O4S/c1-8-20-18(21-15-17(26-7)19(4,5)6)22-9-11-23(12-10-22)28(24,25)14-13-27-16(2)3/h16-17H,8-15H2,1-7H3,(H,20,21). The Labute approximate surface area is 171 Å². The summed E-state index contributed by atoms with van der Waals surface area (Å²) in [4.78, 5) is 6.87. The fraction of sp³-hybridized carbons (Fsp3) is 0.947. The Morgan fingerprint density at radius 2 is 1.79 bits per heavy atom. The van der Waals surface area contributed by atoms with Crippen LogP contribution in [0, 0.1) is 5.41 Å². The molecular weight excluding hydrogens is 380 g/mol. The van der Waals surface area contributed by atoms with Crippen LogP contribution in [0.5, 0.6) is 0 Å². The summed E-state index contributed by atoms with van der Waals surface area (Å²) in [5.74, 6) is 0.842. The molecule has 9 heteroatoms. The monoisotopic (exact) mass is 420 g/mol. The minimum Gasteiger partial charge on any atom is -0.379 e. The zero-order valence-electron chi connectivity index (χ0n) is 18.7. The van der Waals surface area contributed by atoms with Gasteiger partial charge in [0.1, 0.15) is 0 Å². The molecule has 1 aliphatic rings. The molecule has 0 aromatic carbocycles. The molecule has 0 bridgehead atoms. The van der Waals surface area contributed by atoms with Crippen molar-refractivity contribution in [1.29, 1.82) is 0 Å². The van der Waals surface area contributed by atoms with Crippen LogP contribution >= 0.6 is 0 Å². The third-order valence-corrected chi connectivity index (χ3v) is 6.55. The van der Waals surface area contributed by atoms with Crippen LogP contribution in [0.4, 0.5) is 0 Å². The van der Waals surface area contributed by atoms with E-state index in [1.807, 2.05) is 20.8 Å². The number of hydrogen-bond acceptors (Lipinski definition) is 5. The fourth-order valence-corrected chi connectivity index (χ4v) is 4.28. The summed E-state index contributed by atoms with van der Waals surface area (Å²) in [5.41, 5.74) is 0.000404. The van der Waals surface area contributed by atoms with Gasteiger partial charge in [0.05, 0.1) is 31.1 Å². The number of methoxy groups -OCH3 is 1. The summed E-state index contributed by atoms with van der Waals surface area (Å²) >= 11 is 0. The maximum Gasteiger partial charge on any atom is 0.216 e. The van der Waals surface area contributed by atoms with E-state index in [9.17, 15) is 8.42 Å². The zero-order valence-corrected chi connectivity index (χ0v) is 19.5. The molecule has 0 aromatic heterocycles. The number of ether oxygens (including phenoxy) is 2. The highest BCUT2D eigenvalue weighted by atomic mass is 32.2. The van der Waals surface area contributed by atoms with E-state index in [-0.39, 0.29) is 30.0 Å². The average Bonchev–Trinajstić information content (AvgIpc) is 2.60. The predicted octanol–water partition coefficient (Wildman–Crippen LogP) is 1.39. The molecule has 1 N–H and O–H groups in total. The maximum absolute atomic E-state index is 12.5. The van der Waals surface area contributed by atoms with Crippen LogP contribution in [0.3, 0.4) is 0 Å². The van der Waals surface area contributed by atoms with Crippen molar-refractivity contribution in [3.8, 4) is 0 Å². The van der Waals surface area contributed by atoms with Gasteiger partial charge in [0.15, 0.2) is 5.96 Å². The molecule has 166 valence electrons. The van der Waals surface area contributed by atoms with E-state index >= 15 is 0 Å². The third kappa shape index (κ3) is 8.23. The average molecular weight is 421 g/mol. The summed E-state index contributed by atoms with van der Waals surface area (Å²) < 4.78 is 37.5. The first-order valence-electron chi connectivity index (χ1n) is 10.2. The SMILES string of the molecule is CCNC(=NCC(OC)C(C)(C)C)N1CCN(S(=O)(=O)CCOC(C)C)CC1. The van der Waals surface area contributed by atoms with Crippen LogP contribution in [0.1, 0.15) is 41.5 Å². The molecule has 0 saturated carbocycles. The lowest BCUT2D eigenvalue weighted by atomic mass is 9.89. The number of piperazine rings is 1. The summed E-state index contributed by atoms with van der Waals surface area (Å²) in [7, 11) is -1.57. The van der Waals surface area contributed by atoms with Crippen molar-refractivity contribution in [3.05, 3.63) is 0 Å². The second kappa shape index (κ2) is 11.3. The minimum absolute atomic E-state index is 0.000404. The molecule has 1 saturated heterocycles. The van der Waals surface area contributed by atoms with Gasteiger partial charge in [-0.2, -0.15) is 4.31 Å². The van der Waals surface area contributed by atoms with Gasteiger partial charge in [-0.3, -0.25) is 4.99 Å². The quantitative estimate of drug-likeness (QED) is 0.448. The molecule has 1 atom stereocenters. The maximum atomic E-state index is 12.5. The van der Waals surface area contributed by atoms with Gasteiger partial charge in [-0.05, 0) is 26.2 Å². The summed E-state index contributed by atoms with van der Waals surface area (Å²) in [5, 5.41) is 3.32. The van der Waals surface area contributed by atoms with Crippen molar-refractivity contribution < 1.29 is 17.9 Å². The number of hydrogen-bond donors (Lipinski definition) is 1. The third-order valence-electron chi connectivity index (χ3n) is 4.72. The first-order chi connectivity index (χ1) is 13.0. The Morgan fingerprint density at radius 1 is 1.18 bits per heavy atom. The van der Waals surface area contributed by atoms with Crippen LogP contribution < -0.4 is 5.32 Å². The summed E-state index contributed by atoms with van der Waals surface area (Å²) in [6.07, 6.45) is 0.0544. The Kier molecular flexibility index (Phi) is 10.2. The van der Waals surface area contributed by atoms with E-state index in [4.69, 9.17) is 14.5 Å². The van der Waals surface area contributed by atoms with Crippen molar-refractivity contribution >= 4 is 16.0 Å². The molecule has 1 heterocycles. The highest BCUT2D eigenvalue weighted by molar-refractivity contribution is 7.89. The molecule has 0 spiro atoms. The van der Waals surface area contributed by atoms with Gasteiger partial charge in [0.25, 0.3) is 0 Å². The largest absolute Gasteiger partial charge is 0.379 e. The Bertz CT molecular complexity index is 579. The van der Waals surface area contributed by atoms with Crippen LogP contribution in [-0.2, 0) is 19.5 Å². The summed E-state index contributed by atoms with van der Waals surface area (Å²) in [6, 6.07) is 0. The van der Waals surface area contributed by atoms with Gasteiger partial charge in [-0.25, -0.2) is 8.42 Å². The van der Waals surface area contributed by atoms with E-state index in [1.165, 1.54) is 0 Å². The number of rotatable bonds is 9. The molecule has 0 aliphatic carbocycles.